The summed E-state index contributed by atoms with van der Waals surface area (Å²) in [5.41, 5.74) is 0.506. The van der Waals surface area contributed by atoms with Crippen LogP contribution in [0.5, 0.6) is 0 Å². The standard InChI is InChI=1S/C16H28N4/c1-16(5-6-17-12-16)13-20-8-3-14(4-9-20)11-15-18-7-10-19(15)2/h7,10,14,17H,3-6,8-9,11-13H2,1-2H3. The minimum Gasteiger partial charge on any atom is -0.338 e. The molecular weight excluding hydrogens is 248 g/mol. The summed E-state index contributed by atoms with van der Waals surface area (Å²) in [6.07, 6.45) is 9.11. The van der Waals surface area contributed by atoms with Gasteiger partial charge in [0.05, 0.1) is 0 Å². The van der Waals surface area contributed by atoms with Gasteiger partial charge in [-0.2, -0.15) is 0 Å². The lowest BCUT2D eigenvalue weighted by Gasteiger charge is -2.37. The zero-order valence-corrected chi connectivity index (χ0v) is 12.9. The summed E-state index contributed by atoms with van der Waals surface area (Å²) in [6, 6.07) is 0. The first-order valence-electron chi connectivity index (χ1n) is 8.04. The predicted octanol–water partition coefficient (Wildman–Crippen LogP) is 1.67. The van der Waals surface area contributed by atoms with E-state index in [1.165, 1.54) is 57.8 Å². The number of aryl methyl sites for hydroxylation is 1. The molecule has 0 aliphatic carbocycles. The number of hydrogen-bond acceptors (Lipinski definition) is 3. The number of imidazole rings is 1. The van der Waals surface area contributed by atoms with Crippen LogP contribution in [0.4, 0.5) is 0 Å². The van der Waals surface area contributed by atoms with E-state index in [0.717, 1.165) is 12.3 Å². The second-order valence-corrected chi connectivity index (χ2v) is 7.12. The Balaban J connectivity index is 1.46. The van der Waals surface area contributed by atoms with E-state index in [4.69, 9.17) is 0 Å². The number of likely N-dealkylation sites (tertiary alicyclic amines) is 1. The molecule has 0 spiro atoms. The van der Waals surface area contributed by atoms with Gasteiger partial charge in [0.2, 0.25) is 0 Å². The fraction of sp³-hybridized carbons (Fsp3) is 0.812. The molecule has 2 saturated heterocycles. The minimum absolute atomic E-state index is 0.506. The molecule has 2 fully saturated rings. The molecule has 1 aromatic heterocycles. The number of aromatic nitrogens is 2. The van der Waals surface area contributed by atoms with Gasteiger partial charge < -0.3 is 14.8 Å². The minimum atomic E-state index is 0.506. The van der Waals surface area contributed by atoms with Crippen molar-refractivity contribution in [1.29, 1.82) is 0 Å². The van der Waals surface area contributed by atoms with Gasteiger partial charge in [0.1, 0.15) is 5.82 Å². The molecule has 20 heavy (non-hydrogen) atoms. The second-order valence-electron chi connectivity index (χ2n) is 7.12. The first kappa shape index (κ1) is 14.1. The van der Waals surface area contributed by atoms with Gasteiger partial charge in [0.15, 0.2) is 0 Å². The Morgan fingerprint density at radius 1 is 1.40 bits per heavy atom. The van der Waals surface area contributed by atoms with E-state index >= 15 is 0 Å². The zero-order chi connectivity index (χ0) is 14.0. The summed E-state index contributed by atoms with van der Waals surface area (Å²) in [5.74, 6) is 2.07. The van der Waals surface area contributed by atoms with Gasteiger partial charge in [0, 0.05) is 39.0 Å². The Hall–Kier alpha value is -0.870. The zero-order valence-electron chi connectivity index (χ0n) is 12.9. The van der Waals surface area contributed by atoms with Gasteiger partial charge >= 0.3 is 0 Å². The molecule has 1 aromatic rings. The number of nitrogens with one attached hydrogen (secondary N) is 1. The molecule has 112 valence electrons. The van der Waals surface area contributed by atoms with Crippen molar-refractivity contribution in [2.24, 2.45) is 18.4 Å². The van der Waals surface area contributed by atoms with Crippen molar-refractivity contribution in [2.75, 3.05) is 32.7 Å². The maximum atomic E-state index is 4.46. The van der Waals surface area contributed by atoms with Crippen molar-refractivity contribution in [1.82, 2.24) is 19.8 Å². The molecule has 0 amide bonds. The van der Waals surface area contributed by atoms with Crippen LogP contribution >= 0.6 is 0 Å². The highest BCUT2D eigenvalue weighted by Gasteiger charge is 2.32. The monoisotopic (exact) mass is 276 g/mol. The average Bonchev–Trinajstić information content (AvgIpc) is 3.02. The summed E-state index contributed by atoms with van der Waals surface area (Å²) in [5, 5.41) is 3.51. The quantitative estimate of drug-likeness (QED) is 0.908. The normalized spacial score (nSPS) is 29.1. The van der Waals surface area contributed by atoms with Gasteiger partial charge in [-0.15, -0.1) is 0 Å². The molecule has 1 atom stereocenters. The lowest BCUT2D eigenvalue weighted by Crippen LogP contribution is -2.42. The summed E-state index contributed by atoms with van der Waals surface area (Å²) in [4.78, 5) is 7.15. The Bertz CT molecular complexity index is 425. The maximum Gasteiger partial charge on any atom is 0.108 e. The van der Waals surface area contributed by atoms with E-state index < -0.39 is 0 Å². The van der Waals surface area contributed by atoms with Crippen molar-refractivity contribution in [3.05, 3.63) is 18.2 Å². The molecule has 0 bridgehead atoms. The molecular formula is C16H28N4. The molecule has 3 rings (SSSR count). The van der Waals surface area contributed by atoms with Gasteiger partial charge in [-0.1, -0.05) is 6.92 Å². The maximum absolute atomic E-state index is 4.46. The third-order valence-electron chi connectivity index (χ3n) is 5.16. The Labute approximate surface area is 122 Å². The van der Waals surface area contributed by atoms with Crippen LogP contribution in [-0.4, -0.2) is 47.2 Å². The highest BCUT2D eigenvalue weighted by molar-refractivity contribution is 4.94. The van der Waals surface area contributed by atoms with E-state index in [9.17, 15) is 0 Å². The second kappa shape index (κ2) is 5.86. The van der Waals surface area contributed by atoms with Crippen molar-refractivity contribution in [3.8, 4) is 0 Å². The number of hydrogen-bond donors (Lipinski definition) is 1. The summed E-state index contributed by atoms with van der Waals surface area (Å²) in [7, 11) is 2.10. The summed E-state index contributed by atoms with van der Waals surface area (Å²) in [6.45, 7) is 8.64. The van der Waals surface area contributed by atoms with E-state index in [0.29, 0.717) is 5.41 Å². The summed E-state index contributed by atoms with van der Waals surface area (Å²) < 4.78 is 2.16. The number of nitrogens with zero attached hydrogens (tertiary/aromatic N) is 3. The average molecular weight is 276 g/mol. The Morgan fingerprint density at radius 2 is 2.20 bits per heavy atom. The van der Waals surface area contributed by atoms with Crippen LogP contribution in [0.15, 0.2) is 12.4 Å². The molecule has 2 aliphatic heterocycles. The summed E-state index contributed by atoms with van der Waals surface area (Å²) >= 11 is 0. The van der Waals surface area contributed by atoms with Crippen LogP contribution < -0.4 is 5.32 Å². The smallest absolute Gasteiger partial charge is 0.108 e. The first-order valence-corrected chi connectivity index (χ1v) is 8.04. The number of rotatable bonds is 4. The highest BCUT2D eigenvalue weighted by atomic mass is 15.1. The predicted molar refractivity (Wildman–Crippen MR) is 81.7 cm³/mol. The molecule has 1 unspecified atom stereocenters. The third kappa shape index (κ3) is 3.23. The van der Waals surface area contributed by atoms with Gasteiger partial charge in [0.25, 0.3) is 0 Å². The third-order valence-corrected chi connectivity index (χ3v) is 5.16. The van der Waals surface area contributed by atoms with Gasteiger partial charge in [-0.3, -0.25) is 0 Å². The molecule has 3 heterocycles. The SMILES string of the molecule is Cn1ccnc1CC1CCN(CC2(C)CCNC2)CC1. The molecule has 1 N–H and O–H groups in total. The van der Waals surface area contributed by atoms with Crippen LogP contribution in [0.25, 0.3) is 0 Å². The molecule has 4 heteroatoms. The van der Waals surface area contributed by atoms with Crippen LogP contribution in [0.1, 0.15) is 32.0 Å². The van der Waals surface area contributed by atoms with E-state index in [2.05, 4.69) is 39.9 Å². The van der Waals surface area contributed by atoms with E-state index in [-0.39, 0.29) is 0 Å². The molecule has 0 aromatic carbocycles. The van der Waals surface area contributed by atoms with Crippen LogP contribution in [-0.2, 0) is 13.5 Å². The Kier molecular flexibility index (Phi) is 4.13. The van der Waals surface area contributed by atoms with Crippen molar-refractivity contribution in [3.63, 3.8) is 0 Å². The van der Waals surface area contributed by atoms with E-state index in [1.807, 2.05) is 6.20 Å². The van der Waals surface area contributed by atoms with Crippen molar-refractivity contribution < 1.29 is 0 Å². The Morgan fingerprint density at radius 3 is 2.80 bits per heavy atom. The van der Waals surface area contributed by atoms with Crippen LogP contribution in [0.3, 0.4) is 0 Å². The van der Waals surface area contributed by atoms with Crippen LogP contribution in [0, 0.1) is 11.3 Å². The number of piperidine rings is 1. The largest absolute Gasteiger partial charge is 0.338 e. The van der Waals surface area contributed by atoms with E-state index in [1.54, 1.807) is 0 Å². The molecule has 0 radical (unpaired) electrons. The molecule has 4 nitrogen and oxygen atoms in total. The fourth-order valence-corrected chi connectivity index (χ4v) is 3.74. The topological polar surface area (TPSA) is 33.1 Å². The molecule has 0 saturated carbocycles. The van der Waals surface area contributed by atoms with Crippen molar-refractivity contribution >= 4 is 0 Å². The first-order chi connectivity index (χ1) is 9.65. The lowest BCUT2D eigenvalue weighted by atomic mass is 9.87. The molecule has 2 aliphatic rings. The highest BCUT2D eigenvalue weighted by Crippen LogP contribution is 2.28. The fourth-order valence-electron chi connectivity index (χ4n) is 3.74. The lowest BCUT2D eigenvalue weighted by molar-refractivity contribution is 0.127. The van der Waals surface area contributed by atoms with Gasteiger partial charge in [-0.05, 0) is 50.2 Å². The van der Waals surface area contributed by atoms with Crippen LogP contribution in [0.2, 0.25) is 0 Å². The van der Waals surface area contributed by atoms with Crippen molar-refractivity contribution in [2.45, 2.75) is 32.6 Å². The van der Waals surface area contributed by atoms with Gasteiger partial charge in [-0.25, -0.2) is 4.98 Å².